The SMILES string of the molecule is Cl.Cl.O=C(c1cccnc1N1CCCCC1)N1CCCNCC1. The Morgan fingerprint density at radius 3 is 2.57 bits per heavy atom. The lowest BCUT2D eigenvalue weighted by molar-refractivity contribution is 0.0766. The van der Waals surface area contributed by atoms with Crippen molar-refractivity contribution in [3.8, 4) is 0 Å². The predicted octanol–water partition coefficient (Wildman–Crippen LogP) is 2.35. The first-order valence-electron chi connectivity index (χ1n) is 8.06. The average molecular weight is 361 g/mol. The van der Waals surface area contributed by atoms with Crippen molar-refractivity contribution in [1.82, 2.24) is 15.2 Å². The Kier molecular flexibility index (Phi) is 8.66. The summed E-state index contributed by atoms with van der Waals surface area (Å²) in [7, 11) is 0. The number of amides is 1. The Bertz CT molecular complexity index is 487. The number of carbonyl (C=O) groups is 1. The van der Waals surface area contributed by atoms with E-state index < -0.39 is 0 Å². The van der Waals surface area contributed by atoms with Gasteiger partial charge in [0, 0.05) is 38.9 Å². The molecule has 1 aromatic rings. The van der Waals surface area contributed by atoms with Crippen LogP contribution in [0, 0.1) is 0 Å². The molecule has 0 saturated carbocycles. The minimum Gasteiger partial charge on any atom is -0.356 e. The van der Waals surface area contributed by atoms with Crippen molar-refractivity contribution >= 4 is 36.5 Å². The summed E-state index contributed by atoms with van der Waals surface area (Å²) in [4.78, 5) is 21.6. The van der Waals surface area contributed by atoms with Gasteiger partial charge in [-0.3, -0.25) is 4.79 Å². The molecule has 0 aromatic carbocycles. The topological polar surface area (TPSA) is 48.5 Å². The molecule has 7 heteroatoms. The number of pyridine rings is 1. The molecular formula is C16H26Cl2N4O. The third-order valence-corrected chi connectivity index (χ3v) is 4.30. The van der Waals surface area contributed by atoms with Crippen LogP contribution in [0.1, 0.15) is 36.0 Å². The van der Waals surface area contributed by atoms with Gasteiger partial charge in [-0.1, -0.05) is 0 Å². The highest BCUT2D eigenvalue weighted by molar-refractivity contribution is 5.99. The lowest BCUT2D eigenvalue weighted by Crippen LogP contribution is -2.37. The van der Waals surface area contributed by atoms with E-state index in [2.05, 4.69) is 15.2 Å². The van der Waals surface area contributed by atoms with Crippen LogP contribution >= 0.6 is 24.8 Å². The van der Waals surface area contributed by atoms with Crippen LogP contribution in [0.3, 0.4) is 0 Å². The molecule has 0 atom stereocenters. The molecule has 5 nitrogen and oxygen atoms in total. The Hall–Kier alpha value is -1.04. The van der Waals surface area contributed by atoms with Crippen molar-refractivity contribution in [1.29, 1.82) is 0 Å². The van der Waals surface area contributed by atoms with Gasteiger partial charge in [-0.15, -0.1) is 24.8 Å². The molecule has 0 radical (unpaired) electrons. The van der Waals surface area contributed by atoms with Gasteiger partial charge in [0.2, 0.25) is 0 Å². The molecule has 0 bridgehead atoms. The molecule has 1 amide bonds. The third kappa shape index (κ3) is 4.96. The van der Waals surface area contributed by atoms with Crippen LogP contribution in [-0.2, 0) is 0 Å². The maximum atomic E-state index is 12.8. The molecule has 2 aliphatic rings. The highest BCUT2D eigenvalue weighted by atomic mass is 35.5. The Labute approximate surface area is 150 Å². The number of aromatic nitrogens is 1. The molecule has 1 aromatic heterocycles. The van der Waals surface area contributed by atoms with E-state index in [4.69, 9.17) is 0 Å². The Morgan fingerprint density at radius 2 is 1.78 bits per heavy atom. The van der Waals surface area contributed by atoms with Crippen molar-refractivity contribution in [3.63, 3.8) is 0 Å². The zero-order chi connectivity index (χ0) is 14.5. The van der Waals surface area contributed by atoms with Crippen LogP contribution in [0.15, 0.2) is 18.3 Å². The molecule has 23 heavy (non-hydrogen) atoms. The van der Waals surface area contributed by atoms with Gasteiger partial charge in [-0.05, 0) is 44.4 Å². The van der Waals surface area contributed by atoms with Gasteiger partial charge in [-0.25, -0.2) is 4.98 Å². The Morgan fingerprint density at radius 1 is 1.00 bits per heavy atom. The predicted molar refractivity (Wildman–Crippen MR) is 98.2 cm³/mol. The van der Waals surface area contributed by atoms with Gasteiger partial charge in [-0.2, -0.15) is 0 Å². The van der Waals surface area contributed by atoms with Crippen molar-refractivity contribution < 1.29 is 4.79 Å². The number of anilines is 1. The summed E-state index contributed by atoms with van der Waals surface area (Å²) in [6.07, 6.45) is 6.48. The number of carbonyl (C=O) groups excluding carboxylic acids is 1. The number of rotatable bonds is 2. The normalized spacial score (nSPS) is 18.4. The van der Waals surface area contributed by atoms with Crippen LogP contribution in [0.4, 0.5) is 5.82 Å². The highest BCUT2D eigenvalue weighted by Crippen LogP contribution is 2.23. The van der Waals surface area contributed by atoms with Crippen LogP contribution in [-0.4, -0.2) is 55.1 Å². The number of nitrogens with zero attached hydrogens (tertiary/aromatic N) is 3. The second-order valence-electron chi connectivity index (χ2n) is 5.82. The van der Waals surface area contributed by atoms with E-state index in [1.54, 1.807) is 6.20 Å². The molecule has 3 rings (SSSR count). The van der Waals surface area contributed by atoms with Crippen molar-refractivity contribution in [2.45, 2.75) is 25.7 Å². The summed E-state index contributed by atoms with van der Waals surface area (Å²) in [5, 5.41) is 3.34. The lowest BCUT2D eigenvalue weighted by atomic mass is 10.1. The van der Waals surface area contributed by atoms with Crippen LogP contribution < -0.4 is 10.2 Å². The first-order chi connectivity index (χ1) is 10.4. The second-order valence-corrected chi connectivity index (χ2v) is 5.82. The van der Waals surface area contributed by atoms with E-state index in [-0.39, 0.29) is 30.7 Å². The largest absolute Gasteiger partial charge is 0.356 e. The van der Waals surface area contributed by atoms with E-state index in [1.165, 1.54) is 19.3 Å². The minimum absolute atomic E-state index is 0. The molecule has 3 heterocycles. The number of hydrogen-bond acceptors (Lipinski definition) is 4. The van der Waals surface area contributed by atoms with E-state index >= 15 is 0 Å². The molecule has 2 saturated heterocycles. The van der Waals surface area contributed by atoms with Gasteiger partial charge in [0.05, 0.1) is 5.56 Å². The summed E-state index contributed by atoms with van der Waals surface area (Å²) in [6.45, 7) is 5.52. The highest BCUT2D eigenvalue weighted by Gasteiger charge is 2.23. The van der Waals surface area contributed by atoms with E-state index in [9.17, 15) is 4.79 Å². The maximum Gasteiger partial charge on any atom is 0.257 e. The monoisotopic (exact) mass is 360 g/mol. The van der Waals surface area contributed by atoms with Gasteiger partial charge < -0.3 is 15.1 Å². The number of halogens is 2. The van der Waals surface area contributed by atoms with Crippen molar-refractivity contribution in [3.05, 3.63) is 23.9 Å². The maximum absolute atomic E-state index is 12.8. The molecule has 1 N–H and O–H groups in total. The zero-order valence-corrected chi connectivity index (χ0v) is 15.0. The molecule has 0 aliphatic carbocycles. The Balaban J connectivity index is 0.00000132. The quantitative estimate of drug-likeness (QED) is 0.879. The van der Waals surface area contributed by atoms with E-state index in [0.29, 0.717) is 0 Å². The van der Waals surface area contributed by atoms with E-state index in [1.807, 2.05) is 17.0 Å². The molecule has 0 spiro atoms. The molecule has 2 aliphatic heterocycles. The van der Waals surface area contributed by atoms with Gasteiger partial charge in [0.15, 0.2) is 0 Å². The first-order valence-corrected chi connectivity index (χ1v) is 8.06. The molecule has 0 unspecified atom stereocenters. The van der Waals surface area contributed by atoms with Crippen molar-refractivity contribution in [2.75, 3.05) is 44.2 Å². The fourth-order valence-electron chi connectivity index (χ4n) is 3.14. The van der Waals surface area contributed by atoms with Crippen LogP contribution in [0.25, 0.3) is 0 Å². The average Bonchev–Trinajstić information content (AvgIpc) is 2.84. The first kappa shape index (κ1) is 20.0. The van der Waals surface area contributed by atoms with Crippen molar-refractivity contribution in [2.24, 2.45) is 0 Å². The summed E-state index contributed by atoms with van der Waals surface area (Å²) >= 11 is 0. The fourth-order valence-corrected chi connectivity index (χ4v) is 3.14. The summed E-state index contributed by atoms with van der Waals surface area (Å²) in [5.74, 6) is 1.01. The molecule has 130 valence electrons. The summed E-state index contributed by atoms with van der Waals surface area (Å²) in [5.41, 5.74) is 0.765. The van der Waals surface area contributed by atoms with Crippen LogP contribution in [0.2, 0.25) is 0 Å². The number of piperidine rings is 1. The number of nitrogens with one attached hydrogen (secondary N) is 1. The standard InChI is InChI=1S/C16H24N4O.2ClH/c21-16(20-12-5-7-17-9-13-20)14-6-4-8-18-15(14)19-10-2-1-3-11-19;;/h4,6,8,17H,1-3,5,7,9-13H2;2*1H. The minimum atomic E-state index is 0. The number of hydrogen-bond donors (Lipinski definition) is 1. The summed E-state index contributed by atoms with van der Waals surface area (Å²) < 4.78 is 0. The van der Waals surface area contributed by atoms with Gasteiger partial charge in [0.1, 0.15) is 5.82 Å². The fraction of sp³-hybridized carbons (Fsp3) is 0.625. The third-order valence-electron chi connectivity index (χ3n) is 4.30. The van der Waals surface area contributed by atoms with Gasteiger partial charge >= 0.3 is 0 Å². The summed E-state index contributed by atoms with van der Waals surface area (Å²) in [6, 6.07) is 3.80. The van der Waals surface area contributed by atoms with E-state index in [0.717, 1.165) is 57.1 Å². The second kappa shape index (κ2) is 9.96. The van der Waals surface area contributed by atoms with Gasteiger partial charge in [0.25, 0.3) is 5.91 Å². The van der Waals surface area contributed by atoms with Crippen LogP contribution in [0.5, 0.6) is 0 Å². The smallest absolute Gasteiger partial charge is 0.257 e. The molecule has 2 fully saturated rings. The molecular weight excluding hydrogens is 335 g/mol. The zero-order valence-electron chi connectivity index (χ0n) is 13.4. The lowest BCUT2D eigenvalue weighted by Gasteiger charge is -2.30.